The van der Waals surface area contributed by atoms with Crippen molar-refractivity contribution in [1.29, 1.82) is 0 Å². The first-order chi connectivity index (χ1) is 9.69. The predicted molar refractivity (Wildman–Crippen MR) is 84.0 cm³/mol. The largest absolute Gasteiger partial charge is 0.496 e. The number of likely N-dealkylation sites (tertiary alicyclic amines) is 1. The minimum atomic E-state index is 0.198. The van der Waals surface area contributed by atoms with E-state index in [1.807, 2.05) is 12.1 Å². The molecule has 1 aromatic carbocycles. The van der Waals surface area contributed by atoms with E-state index in [-0.39, 0.29) is 6.04 Å². The van der Waals surface area contributed by atoms with E-state index in [1.165, 1.54) is 6.42 Å². The van der Waals surface area contributed by atoms with E-state index in [0.717, 1.165) is 35.5 Å². The summed E-state index contributed by atoms with van der Waals surface area (Å²) in [7, 11) is 3.47. The fourth-order valence-corrected chi connectivity index (χ4v) is 3.33. The van der Waals surface area contributed by atoms with Crippen molar-refractivity contribution in [2.45, 2.75) is 12.5 Å². The van der Waals surface area contributed by atoms with Crippen molar-refractivity contribution in [3.05, 3.63) is 28.2 Å². The normalized spacial score (nSPS) is 21.1. The zero-order chi connectivity index (χ0) is 14.5. The molecule has 112 valence electrons. The third-order valence-corrected chi connectivity index (χ3v) is 4.43. The standard InChI is InChI=1S/C15H23BrN2O2/c1-19-10-11-5-6-18(9-11)14(8-17)13-7-12(16)3-4-15(13)20-2/h3-4,7,11,14H,5-6,8-10,17H2,1-2H3. The monoisotopic (exact) mass is 342 g/mol. The predicted octanol–water partition coefficient (Wildman–Crippen LogP) is 2.43. The summed E-state index contributed by atoms with van der Waals surface area (Å²) in [6.07, 6.45) is 1.17. The number of methoxy groups -OCH3 is 2. The Labute approximate surface area is 129 Å². The van der Waals surface area contributed by atoms with Gasteiger partial charge in [-0.2, -0.15) is 0 Å². The molecule has 20 heavy (non-hydrogen) atoms. The Morgan fingerprint density at radius 1 is 1.45 bits per heavy atom. The van der Waals surface area contributed by atoms with Gasteiger partial charge in [0.05, 0.1) is 19.8 Å². The van der Waals surface area contributed by atoms with E-state index in [0.29, 0.717) is 12.5 Å². The lowest BCUT2D eigenvalue weighted by Gasteiger charge is -2.28. The molecule has 4 nitrogen and oxygen atoms in total. The molecule has 1 fully saturated rings. The second kappa shape index (κ2) is 7.41. The Morgan fingerprint density at radius 2 is 2.25 bits per heavy atom. The average Bonchev–Trinajstić information content (AvgIpc) is 2.89. The van der Waals surface area contributed by atoms with Crippen molar-refractivity contribution in [2.75, 3.05) is 40.5 Å². The van der Waals surface area contributed by atoms with Crippen LogP contribution in [0.3, 0.4) is 0 Å². The Morgan fingerprint density at radius 3 is 2.90 bits per heavy atom. The maximum Gasteiger partial charge on any atom is 0.123 e. The number of halogens is 1. The van der Waals surface area contributed by atoms with Gasteiger partial charge in [-0.1, -0.05) is 15.9 Å². The van der Waals surface area contributed by atoms with Gasteiger partial charge in [0.1, 0.15) is 5.75 Å². The third-order valence-electron chi connectivity index (χ3n) is 3.93. The van der Waals surface area contributed by atoms with Gasteiger partial charge in [-0.05, 0) is 37.1 Å². The highest BCUT2D eigenvalue weighted by molar-refractivity contribution is 9.10. The van der Waals surface area contributed by atoms with E-state index < -0.39 is 0 Å². The Kier molecular flexibility index (Phi) is 5.84. The SMILES string of the molecule is COCC1CCN(C(CN)c2cc(Br)ccc2OC)C1. The molecule has 2 N–H and O–H groups in total. The second-order valence-electron chi connectivity index (χ2n) is 5.24. The summed E-state index contributed by atoms with van der Waals surface area (Å²) in [5, 5.41) is 0. The van der Waals surface area contributed by atoms with Gasteiger partial charge in [-0.3, -0.25) is 4.90 Å². The van der Waals surface area contributed by atoms with E-state index in [9.17, 15) is 0 Å². The molecule has 2 unspecified atom stereocenters. The fraction of sp³-hybridized carbons (Fsp3) is 0.600. The van der Waals surface area contributed by atoms with E-state index in [1.54, 1.807) is 14.2 Å². The molecule has 0 bridgehead atoms. The molecule has 1 aromatic rings. The average molecular weight is 343 g/mol. The third kappa shape index (κ3) is 3.52. The van der Waals surface area contributed by atoms with Crippen LogP contribution in [0, 0.1) is 5.92 Å². The molecule has 2 atom stereocenters. The van der Waals surface area contributed by atoms with Crippen molar-refractivity contribution < 1.29 is 9.47 Å². The lowest BCUT2D eigenvalue weighted by Crippen LogP contribution is -2.32. The number of nitrogens with two attached hydrogens (primary N) is 1. The van der Waals surface area contributed by atoms with Crippen LogP contribution in [0.15, 0.2) is 22.7 Å². The Bertz CT molecular complexity index is 442. The molecule has 0 aliphatic carbocycles. The van der Waals surface area contributed by atoms with E-state index in [4.69, 9.17) is 15.2 Å². The zero-order valence-electron chi connectivity index (χ0n) is 12.1. The van der Waals surface area contributed by atoms with E-state index >= 15 is 0 Å². The van der Waals surface area contributed by atoms with Crippen LogP contribution < -0.4 is 10.5 Å². The summed E-state index contributed by atoms with van der Waals surface area (Å²) < 4.78 is 11.8. The van der Waals surface area contributed by atoms with Crippen LogP contribution in [-0.4, -0.2) is 45.4 Å². The topological polar surface area (TPSA) is 47.7 Å². The number of nitrogens with zero attached hydrogens (tertiary/aromatic N) is 1. The van der Waals surface area contributed by atoms with Gasteiger partial charge < -0.3 is 15.2 Å². The van der Waals surface area contributed by atoms with Crippen molar-refractivity contribution >= 4 is 15.9 Å². The lowest BCUT2D eigenvalue weighted by molar-refractivity contribution is 0.147. The molecular formula is C15H23BrN2O2. The molecule has 1 aliphatic heterocycles. The molecule has 1 saturated heterocycles. The molecule has 5 heteroatoms. The maximum atomic E-state index is 6.03. The number of benzene rings is 1. The van der Waals surface area contributed by atoms with Gasteiger partial charge in [0.2, 0.25) is 0 Å². The van der Waals surface area contributed by atoms with Crippen LogP contribution in [-0.2, 0) is 4.74 Å². The van der Waals surface area contributed by atoms with Crippen LogP contribution in [0.2, 0.25) is 0 Å². The molecule has 0 saturated carbocycles. The van der Waals surface area contributed by atoms with Gasteiger partial charge in [0.15, 0.2) is 0 Å². The summed E-state index contributed by atoms with van der Waals surface area (Å²) in [6, 6.07) is 6.29. The first-order valence-electron chi connectivity index (χ1n) is 6.96. The highest BCUT2D eigenvalue weighted by atomic mass is 79.9. The van der Waals surface area contributed by atoms with Gasteiger partial charge in [-0.15, -0.1) is 0 Å². The van der Waals surface area contributed by atoms with Crippen molar-refractivity contribution in [2.24, 2.45) is 11.7 Å². The second-order valence-corrected chi connectivity index (χ2v) is 6.16. The van der Waals surface area contributed by atoms with Gasteiger partial charge >= 0.3 is 0 Å². The maximum absolute atomic E-state index is 6.03. The number of hydrogen-bond acceptors (Lipinski definition) is 4. The first kappa shape index (κ1) is 15.8. The summed E-state index contributed by atoms with van der Waals surface area (Å²) >= 11 is 3.53. The van der Waals surface area contributed by atoms with Crippen LogP contribution >= 0.6 is 15.9 Å². The molecule has 0 amide bonds. The minimum Gasteiger partial charge on any atom is -0.496 e. The number of ether oxygens (including phenoxy) is 2. The van der Waals surface area contributed by atoms with Gasteiger partial charge in [-0.25, -0.2) is 0 Å². The Balaban J connectivity index is 2.18. The first-order valence-corrected chi connectivity index (χ1v) is 7.75. The van der Waals surface area contributed by atoms with E-state index in [2.05, 4.69) is 26.9 Å². The molecule has 1 aliphatic rings. The minimum absolute atomic E-state index is 0.198. The van der Waals surface area contributed by atoms with Crippen molar-refractivity contribution in [1.82, 2.24) is 4.90 Å². The molecule has 0 spiro atoms. The summed E-state index contributed by atoms with van der Waals surface area (Å²) in [5.41, 5.74) is 7.19. The Hall–Kier alpha value is -0.620. The fourth-order valence-electron chi connectivity index (χ4n) is 2.96. The van der Waals surface area contributed by atoms with Crippen LogP contribution in [0.1, 0.15) is 18.0 Å². The van der Waals surface area contributed by atoms with Gasteiger partial charge in [0.25, 0.3) is 0 Å². The highest BCUT2D eigenvalue weighted by Gasteiger charge is 2.29. The summed E-state index contributed by atoms with van der Waals surface area (Å²) in [5.74, 6) is 1.51. The summed E-state index contributed by atoms with van der Waals surface area (Å²) in [6.45, 7) is 3.51. The van der Waals surface area contributed by atoms with Gasteiger partial charge in [0, 0.05) is 30.2 Å². The summed E-state index contributed by atoms with van der Waals surface area (Å²) in [4.78, 5) is 2.44. The van der Waals surface area contributed by atoms with Crippen LogP contribution in [0.4, 0.5) is 0 Å². The quantitative estimate of drug-likeness (QED) is 0.862. The molecule has 0 aromatic heterocycles. The number of hydrogen-bond donors (Lipinski definition) is 1. The zero-order valence-corrected chi connectivity index (χ0v) is 13.7. The highest BCUT2D eigenvalue weighted by Crippen LogP contribution is 2.34. The molecule has 1 heterocycles. The molecule has 0 radical (unpaired) electrons. The molecule has 2 rings (SSSR count). The van der Waals surface area contributed by atoms with Crippen LogP contribution in [0.5, 0.6) is 5.75 Å². The van der Waals surface area contributed by atoms with Crippen molar-refractivity contribution in [3.8, 4) is 5.75 Å². The number of rotatable bonds is 6. The smallest absolute Gasteiger partial charge is 0.123 e. The van der Waals surface area contributed by atoms with Crippen LogP contribution in [0.25, 0.3) is 0 Å². The van der Waals surface area contributed by atoms with Crippen molar-refractivity contribution in [3.63, 3.8) is 0 Å². The lowest BCUT2D eigenvalue weighted by atomic mass is 10.0. The molecular weight excluding hydrogens is 320 g/mol.